The predicted octanol–water partition coefficient (Wildman–Crippen LogP) is 2.21. The first-order valence-electron chi connectivity index (χ1n) is 6.04. The van der Waals surface area contributed by atoms with Crippen molar-refractivity contribution in [3.8, 4) is 0 Å². The zero-order chi connectivity index (χ0) is 14.8. The van der Waals surface area contributed by atoms with Crippen LogP contribution in [0.4, 0.5) is 0 Å². The van der Waals surface area contributed by atoms with Gasteiger partial charge in [-0.05, 0) is 36.8 Å². The molecule has 8 heteroatoms. The normalized spacial score (nSPS) is 19.1. The minimum atomic E-state index is -3.79. The molecule has 1 aromatic rings. The average molecular weight is 336 g/mol. The molecular weight excluding hydrogens is 322 g/mol. The van der Waals surface area contributed by atoms with Crippen molar-refractivity contribution in [3.63, 3.8) is 0 Å². The number of carboxylic acid groups (broad SMARTS) is 1. The molecule has 5 nitrogen and oxygen atoms in total. The zero-order valence-corrected chi connectivity index (χ0v) is 12.9. The molecule has 0 bridgehead atoms. The highest BCUT2D eigenvalue weighted by Crippen LogP contribution is 2.27. The predicted molar refractivity (Wildman–Crippen MR) is 79.1 cm³/mol. The summed E-state index contributed by atoms with van der Waals surface area (Å²) in [6, 6.07) is 3.63. The molecule has 1 aliphatic heterocycles. The lowest BCUT2D eigenvalue weighted by molar-refractivity contribution is 0.0696. The number of thioether (sulfide) groups is 1. The Hall–Kier alpha value is -0.760. The van der Waals surface area contributed by atoms with Crippen LogP contribution < -0.4 is 4.72 Å². The highest BCUT2D eigenvalue weighted by Gasteiger charge is 2.23. The Kier molecular flexibility index (Phi) is 4.95. The van der Waals surface area contributed by atoms with Crippen LogP contribution in [0.5, 0.6) is 0 Å². The van der Waals surface area contributed by atoms with E-state index >= 15 is 0 Å². The lowest BCUT2D eigenvalue weighted by Gasteiger charge is -2.12. The van der Waals surface area contributed by atoms with Crippen molar-refractivity contribution in [2.24, 2.45) is 0 Å². The number of nitrogens with one attached hydrogen (secondary N) is 1. The van der Waals surface area contributed by atoms with E-state index in [9.17, 15) is 13.2 Å². The maximum Gasteiger partial charge on any atom is 0.335 e. The highest BCUT2D eigenvalue weighted by atomic mass is 35.5. The first-order chi connectivity index (χ1) is 9.40. The lowest BCUT2D eigenvalue weighted by atomic mass is 10.2. The Balaban J connectivity index is 2.19. The van der Waals surface area contributed by atoms with Gasteiger partial charge in [0.25, 0.3) is 0 Å². The van der Waals surface area contributed by atoms with E-state index in [4.69, 9.17) is 16.7 Å². The summed E-state index contributed by atoms with van der Waals surface area (Å²) >= 11 is 7.60. The number of aromatic carboxylic acids is 1. The van der Waals surface area contributed by atoms with Crippen LogP contribution in [0.15, 0.2) is 23.1 Å². The van der Waals surface area contributed by atoms with Crippen LogP contribution in [0, 0.1) is 0 Å². The van der Waals surface area contributed by atoms with E-state index in [0.29, 0.717) is 6.54 Å². The van der Waals surface area contributed by atoms with E-state index in [1.54, 1.807) is 11.8 Å². The molecule has 1 aliphatic rings. The first-order valence-corrected chi connectivity index (χ1v) is 8.95. The Labute approximate surface area is 126 Å². The van der Waals surface area contributed by atoms with Gasteiger partial charge in [0.05, 0.1) is 10.6 Å². The van der Waals surface area contributed by atoms with E-state index in [1.807, 2.05) is 0 Å². The second-order valence-electron chi connectivity index (χ2n) is 4.44. The van der Waals surface area contributed by atoms with Gasteiger partial charge >= 0.3 is 5.97 Å². The molecule has 0 amide bonds. The minimum absolute atomic E-state index is 0.0153. The summed E-state index contributed by atoms with van der Waals surface area (Å²) in [4.78, 5) is 10.7. The van der Waals surface area contributed by atoms with E-state index in [-0.39, 0.29) is 20.7 Å². The molecule has 1 saturated heterocycles. The number of benzene rings is 1. The molecule has 0 aliphatic carbocycles. The van der Waals surface area contributed by atoms with E-state index in [0.717, 1.165) is 24.7 Å². The molecule has 1 unspecified atom stereocenters. The molecule has 2 N–H and O–H groups in total. The fourth-order valence-electron chi connectivity index (χ4n) is 1.93. The zero-order valence-electron chi connectivity index (χ0n) is 10.5. The maximum absolute atomic E-state index is 12.2. The molecule has 1 aromatic carbocycles. The molecule has 1 atom stereocenters. The molecule has 1 heterocycles. The topological polar surface area (TPSA) is 83.5 Å². The molecule has 1 fully saturated rings. The Morgan fingerprint density at radius 3 is 2.85 bits per heavy atom. The second kappa shape index (κ2) is 6.34. The van der Waals surface area contributed by atoms with Gasteiger partial charge in [0.2, 0.25) is 10.0 Å². The molecule has 0 spiro atoms. The molecule has 20 heavy (non-hydrogen) atoms. The summed E-state index contributed by atoms with van der Waals surface area (Å²) in [5, 5.41) is 9.19. The van der Waals surface area contributed by atoms with Crippen LogP contribution in [0.2, 0.25) is 5.02 Å². The molecule has 0 saturated carbocycles. The van der Waals surface area contributed by atoms with Crippen LogP contribution in [-0.4, -0.2) is 37.0 Å². The van der Waals surface area contributed by atoms with Gasteiger partial charge in [-0.3, -0.25) is 0 Å². The third kappa shape index (κ3) is 3.66. The number of carbonyl (C=O) groups is 1. The van der Waals surface area contributed by atoms with Crippen LogP contribution >= 0.6 is 23.4 Å². The third-order valence-corrected chi connectivity index (χ3v) is 6.30. The number of hydrogen-bond acceptors (Lipinski definition) is 4. The van der Waals surface area contributed by atoms with Gasteiger partial charge in [-0.15, -0.1) is 0 Å². The molecular formula is C12H14ClNO4S2. The Bertz CT molecular complexity index is 612. The van der Waals surface area contributed by atoms with Crippen molar-refractivity contribution in [2.75, 3.05) is 12.3 Å². The average Bonchev–Trinajstić information content (AvgIpc) is 2.89. The fraction of sp³-hybridized carbons (Fsp3) is 0.417. The van der Waals surface area contributed by atoms with Crippen LogP contribution in [0.3, 0.4) is 0 Å². The third-order valence-electron chi connectivity index (χ3n) is 2.99. The standard InChI is InChI=1S/C12H14ClNO4S2/c13-10-4-3-8(12(15)16)6-11(10)20(17,18)14-7-9-2-1-5-19-9/h3-4,6,9,14H,1-2,5,7H2,(H,15,16). The van der Waals surface area contributed by atoms with Crippen molar-refractivity contribution in [1.29, 1.82) is 0 Å². The van der Waals surface area contributed by atoms with Gasteiger partial charge in [-0.2, -0.15) is 11.8 Å². The lowest BCUT2D eigenvalue weighted by Crippen LogP contribution is -2.30. The van der Waals surface area contributed by atoms with Crippen molar-refractivity contribution in [1.82, 2.24) is 4.72 Å². The van der Waals surface area contributed by atoms with Gasteiger partial charge in [-0.1, -0.05) is 11.6 Å². The quantitative estimate of drug-likeness (QED) is 0.862. The Morgan fingerprint density at radius 1 is 1.50 bits per heavy atom. The van der Waals surface area contributed by atoms with Crippen LogP contribution in [0.25, 0.3) is 0 Å². The van der Waals surface area contributed by atoms with Gasteiger partial charge < -0.3 is 5.11 Å². The summed E-state index contributed by atoms with van der Waals surface area (Å²) in [5.41, 5.74) is -0.106. The van der Waals surface area contributed by atoms with Crippen molar-refractivity contribution in [3.05, 3.63) is 28.8 Å². The number of hydrogen-bond donors (Lipinski definition) is 2. The van der Waals surface area contributed by atoms with E-state index < -0.39 is 16.0 Å². The summed E-state index contributed by atoms with van der Waals surface area (Å²) in [5.74, 6) is -0.147. The van der Waals surface area contributed by atoms with Crippen molar-refractivity contribution < 1.29 is 18.3 Å². The second-order valence-corrected chi connectivity index (χ2v) is 7.99. The van der Waals surface area contributed by atoms with Crippen molar-refractivity contribution in [2.45, 2.75) is 23.0 Å². The summed E-state index contributed by atoms with van der Waals surface area (Å²) in [7, 11) is -3.79. The van der Waals surface area contributed by atoms with Gasteiger partial charge in [-0.25, -0.2) is 17.9 Å². The number of sulfonamides is 1. The molecule has 110 valence electrons. The number of carboxylic acids is 1. The minimum Gasteiger partial charge on any atom is -0.478 e. The largest absolute Gasteiger partial charge is 0.478 e. The van der Waals surface area contributed by atoms with Crippen LogP contribution in [-0.2, 0) is 10.0 Å². The maximum atomic E-state index is 12.2. The smallest absolute Gasteiger partial charge is 0.335 e. The summed E-state index contributed by atoms with van der Waals surface area (Å²) in [6.07, 6.45) is 2.07. The first kappa shape index (κ1) is 15.6. The van der Waals surface area contributed by atoms with Gasteiger partial charge in [0, 0.05) is 11.8 Å². The summed E-state index contributed by atoms with van der Waals surface area (Å²) < 4.78 is 26.9. The molecule has 0 radical (unpaired) electrons. The molecule has 2 rings (SSSR count). The van der Waals surface area contributed by atoms with Gasteiger partial charge in [0.15, 0.2) is 0 Å². The summed E-state index contributed by atoms with van der Waals surface area (Å²) in [6.45, 7) is 0.334. The highest BCUT2D eigenvalue weighted by molar-refractivity contribution is 8.00. The van der Waals surface area contributed by atoms with Crippen LogP contribution in [0.1, 0.15) is 23.2 Å². The molecule has 0 aromatic heterocycles. The fourth-order valence-corrected chi connectivity index (χ4v) is 4.84. The SMILES string of the molecule is O=C(O)c1ccc(Cl)c(S(=O)(=O)NCC2CCCS2)c1. The Morgan fingerprint density at radius 2 is 2.25 bits per heavy atom. The van der Waals surface area contributed by atoms with E-state index in [2.05, 4.69) is 4.72 Å². The number of rotatable bonds is 5. The monoisotopic (exact) mass is 335 g/mol. The number of halogens is 1. The van der Waals surface area contributed by atoms with E-state index in [1.165, 1.54) is 12.1 Å². The van der Waals surface area contributed by atoms with Crippen molar-refractivity contribution >= 4 is 39.4 Å². The van der Waals surface area contributed by atoms with Gasteiger partial charge in [0.1, 0.15) is 4.90 Å².